The van der Waals surface area contributed by atoms with Gasteiger partial charge in [0.15, 0.2) is 10.9 Å². The van der Waals surface area contributed by atoms with Gasteiger partial charge in [-0.3, -0.25) is 14.9 Å². The zero-order valence-corrected chi connectivity index (χ0v) is 12.9. The molecule has 1 aromatic carbocycles. The number of hydrogen-bond donors (Lipinski definition) is 2. The fraction of sp³-hybridized carbons (Fsp3) is 0.133. The fourth-order valence-corrected chi connectivity index (χ4v) is 1.95. The molecule has 1 aromatic heterocycles. The molecule has 0 aliphatic heterocycles. The van der Waals surface area contributed by atoms with Crippen LogP contribution in [0.2, 0.25) is 0 Å². The molecule has 2 aromatic rings. The van der Waals surface area contributed by atoms with Gasteiger partial charge in [-0.25, -0.2) is 0 Å². The molecule has 2 N–H and O–H groups in total. The number of nitrogens with zero attached hydrogens (tertiary/aromatic N) is 1. The Bertz CT molecular complexity index is 696. The quantitative estimate of drug-likeness (QED) is 0.848. The summed E-state index contributed by atoms with van der Waals surface area (Å²) in [4.78, 5) is 25.4. The molecule has 1 heterocycles. The van der Waals surface area contributed by atoms with E-state index in [9.17, 15) is 9.59 Å². The average Bonchev–Trinajstić information content (AvgIpc) is 3.01. The van der Waals surface area contributed by atoms with Crippen LogP contribution in [0.25, 0.3) is 0 Å². The van der Waals surface area contributed by atoms with E-state index in [2.05, 4.69) is 10.6 Å². The van der Waals surface area contributed by atoms with Gasteiger partial charge in [0.25, 0.3) is 11.8 Å². The third-order valence-corrected chi connectivity index (χ3v) is 2.99. The second-order valence-corrected chi connectivity index (χ2v) is 5.04. The monoisotopic (exact) mass is 317 g/mol. The molecule has 0 saturated heterocycles. The van der Waals surface area contributed by atoms with Crippen LogP contribution in [0.1, 0.15) is 20.9 Å². The Balaban J connectivity index is 2.09. The van der Waals surface area contributed by atoms with Crippen LogP contribution < -0.4 is 10.6 Å². The highest BCUT2D eigenvalue weighted by Crippen LogP contribution is 2.16. The van der Waals surface area contributed by atoms with Gasteiger partial charge in [-0.15, -0.1) is 0 Å². The first kappa shape index (κ1) is 15.7. The highest BCUT2D eigenvalue weighted by molar-refractivity contribution is 7.80. The number of carbonyl (C=O) groups excluding carboxylic acids is 2. The van der Waals surface area contributed by atoms with Crippen LogP contribution in [0.15, 0.2) is 47.1 Å². The standard InChI is InChI=1S/C15H15N3O3S/c1-18(2)14(20)10-6-3-4-7-11(10)16-15(22)17-13(19)12-8-5-9-21-12/h3-9H,1-2H3,(H2,16,17,19,22). The number of benzene rings is 1. The summed E-state index contributed by atoms with van der Waals surface area (Å²) in [6.45, 7) is 0. The Morgan fingerprint density at radius 3 is 2.50 bits per heavy atom. The molecule has 2 rings (SSSR count). The third-order valence-electron chi connectivity index (χ3n) is 2.78. The van der Waals surface area contributed by atoms with Crippen LogP contribution in [0.4, 0.5) is 5.69 Å². The average molecular weight is 317 g/mol. The van der Waals surface area contributed by atoms with Crippen LogP contribution >= 0.6 is 12.2 Å². The maximum absolute atomic E-state index is 12.1. The molecule has 0 aliphatic carbocycles. The number of anilines is 1. The first-order valence-electron chi connectivity index (χ1n) is 6.45. The molecular formula is C15H15N3O3S. The molecule has 0 bridgehead atoms. The number of hydrogen-bond acceptors (Lipinski definition) is 4. The molecule has 114 valence electrons. The fourth-order valence-electron chi connectivity index (χ4n) is 1.75. The summed E-state index contributed by atoms with van der Waals surface area (Å²) in [5, 5.41) is 5.42. The van der Waals surface area contributed by atoms with Gasteiger partial charge < -0.3 is 14.6 Å². The van der Waals surface area contributed by atoms with E-state index < -0.39 is 5.91 Å². The maximum Gasteiger partial charge on any atom is 0.293 e. The van der Waals surface area contributed by atoms with Gasteiger partial charge in [-0.2, -0.15) is 0 Å². The van der Waals surface area contributed by atoms with E-state index in [1.54, 1.807) is 44.4 Å². The van der Waals surface area contributed by atoms with Crippen molar-refractivity contribution >= 4 is 34.8 Å². The number of amides is 2. The number of rotatable bonds is 3. The lowest BCUT2D eigenvalue weighted by atomic mass is 10.1. The number of para-hydroxylation sites is 1. The Morgan fingerprint density at radius 2 is 1.86 bits per heavy atom. The first-order chi connectivity index (χ1) is 10.5. The minimum absolute atomic E-state index is 0.0837. The topological polar surface area (TPSA) is 74.6 Å². The van der Waals surface area contributed by atoms with E-state index in [1.807, 2.05) is 0 Å². The molecule has 0 spiro atoms. The minimum atomic E-state index is -0.459. The van der Waals surface area contributed by atoms with Crippen LogP contribution in [0, 0.1) is 0 Å². The van der Waals surface area contributed by atoms with Gasteiger partial charge in [0.2, 0.25) is 0 Å². The number of thiocarbonyl (C=S) groups is 1. The van der Waals surface area contributed by atoms with Gasteiger partial charge in [0.05, 0.1) is 17.5 Å². The summed E-state index contributed by atoms with van der Waals surface area (Å²) < 4.78 is 4.98. The van der Waals surface area contributed by atoms with Gasteiger partial charge in [-0.1, -0.05) is 12.1 Å². The molecule has 2 amide bonds. The van der Waals surface area contributed by atoms with E-state index in [-0.39, 0.29) is 16.8 Å². The third kappa shape index (κ3) is 3.70. The van der Waals surface area contributed by atoms with Crippen molar-refractivity contribution in [1.29, 1.82) is 0 Å². The maximum atomic E-state index is 12.1. The highest BCUT2D eigenvalue weighted by atomic mass is 32.1. The van der Waals surface area contributed by atoms with Crippen LogP contribution in [0.3, 0.4) is 0 Å². The smallest absolute Gasteiger partial charge is 0.293 e. The zero-order valence-electron chi connectivity index (χ0n) is 12.1. The van der Waals surface area contributed by atoms with E-state index >= 15 is 0 Å². The van der Waals surface area contributed by atoms with Crippen LogP contribution in [-0.2, 0) is 0 Å². The SMILES string of the molecule is CN(C)C(=O)c1ccccc1NC(=S)NC(=O)c1ccco1. The van der Waals surface area contributed by atoms with E-state index in [0.29, 0.717) is 11.3 Å². The van der Waals surface area contributed by atoms with Crippen molar-refractivity contribution in [2.24, 2.45) is 0 Å². The number of furan rings is 1. The lowest BCUT2D eigenvalue weighted by molar-refractivity contribution is 0.0828. The molecule has 0 unspecified atom stereocenters. The van der Waals surface area contributed by atoms with E-state index in [4.69, 9.17) is 16.6 Å². The molecule has 0 saturated carbocycles. The second kappa shape index (κ2) is 6.86. The lowest BCUT2D eigenvalue weighted by Gasteiger charge is -2.15. The van der Waals surface area contributed by atoms with Crippen molar-refractivity contribution in [3.05, 3.63) is 54.0 Å². The van der Waals surface area contributed by atoms with Crippen molar-refractivity contribution in [2.75, 3.05) is 19.4 Å². The van der Waals surface area contributed by atoms with Crippen molar-refractivity contribution < 1.29 is 14.0 Å². The number of carbonyl (C=O) groups is 2. The van der Waals surface area contributed by atoms with Crippen molar-refractivity contribution in [3.8, 4) is 0 Å². The van der Waals surface area contributed by atoms with Crippen molar-refractivity contribution in [3.63, 3.8) is 0 Å². The second-order valence-electron chi connectivity index (χ2n) is 4.63. The van der Waals surface area contributed by atoms with Crippen molar-refractivity contribution in [1.82, 2.24) is 10.2 Å². The molecule has 22 heavy (non-hydrogen) atoms. The Kier molecular flexibility index (Phi) is 4.90. The molecular weight excluding hydrogens is 302 g/mol. The lowest BCUT2D eigenvalue weighted by Crippen LogP contribution is -2.34. The van der Waals surface area contributed by atoms with Crippen molar-refractivity contribution in [2.45, 2.75) is 0 Å². The molecule has 7 heteroatoms. The molecule has 0 fully saturated rings. The molecule has 6 nitrogen and oxygen atoms in total. The summed E-state index contributed by atoms with van der Waals surface area (Å²) in [5.41, 5.74) is 0.980. The summed E-state index contributed by atoms with van der Waals surface area (Å²) >= 11 is 5.09. The Morgan fingerprint density at radius 1 is 1.14 bits per heavy atom. The Labute approximate surface area is 133 Å². The summed E-state index contributed by atoms with van der Waals surface area (Å²) in [5.74, 6) is -0.469. The normalized spacial score (nSPS) is 9.91. The molecule has 0 aliphatic rings. The predicted octanol–water partition coefficient (Wildman–Crippen LogP) is 2.11. The van der Waals surface area contributed by atoms with Gasteiger partial charge in [0.1, 0.15) is 0 Å². The zero-order chi connectivity index (χ0) is 16.1. The first-order valence-corrected chi connectivity index (χ1v) is 6.86. The van der Waals surface area contributed by atoms with Gasteiger partial charge >= 0.3 is 0 Å². The molecule has 0 radical (unpaired) electrons. The number of nitrogens with one attached hydrogen (secondary N) is 2. The molecule has 0 atom stereocenters. The largest absolute Gasteiger partial charge is 0.459 e. The van der Waals surface area contributed by atoms with Gasteiger partial charge in [0, 0.05) is 14.1 Å². The highest BCUT2D eigenvalue weighted by Gasteiger charge is 2.15. The Hall–Kier alpha value is -2.67. The van der Waals surface area contributed by atoms with Gasteiger partial charge in [-0.05, 0) is 36.5 Å². The van der Waals surface area contributed by atoms with E-state index in [1.165, 1.54) is 17.2 Å². The summed E-state index contributed by atoms with van der Waals surface area (Å²) in [6.07, 6.45) is 1.40. The van der Waals surface area contributed by atoms with Crippen LogP contribution in [-0.4, -0.2) is 35.9 Å². The summed E-state index contributed by atoms with van der Waals surface area (Å²) in [6, 6.07) is 10.1. The van der Waals surface area contributed by atoms with E-state index in [0.717, 1.165) is 0 Å². The minimum Gasteiger partial charge on any atom is -0.459 e. The predicted molar refractivity (Wildman–Crippen MR) is 86.9 cm³/mol. The summed E-state index contributed by atoms with van der Waals surface area (Å²) in [7, 11) is 3.33. The van der Waals surface area contributed by atoms with Crippen LogP contribution in [0.5, 0.6) is 0 Å².